The van der Waals surface area contributed by atoms with Crippen molar-refractivity contribution in [2.24, 2.45) is 0 Å². The van der Waals surface area contributed by atoms with Crippen LogP contribution in [0.25, 0.3) is 5.69 Å². The molecule has 0 saturated heterocycles. The highest BCUT2D eigenvalue weighted by atomic mass is 35.5. The van der Waals surface area contributed by atoms with E-state index in [0.29, 0.717) is 23.1 Å². The molecule has 0 atom stereocenters. The molecule has 0 spiro atoms. The second-order valence-corrected chi connectivity index (χ2v) is 6.44. The molecule has 3 aromatic rings. The van der Waals surface area contributed by atoms with Crippen molar-refractivity contribution >= 4 is 23.4 Å². The minimum absolute atomic E-state index is 0.271. The van der Waals surface area contributed by atoms with Gasteiger partial charge in [-0.2, -0.15) is 0 Å². The van der Waals surface area contributed by atoms with E-state index < -0.39 is 0 Å². The quantitative estimate of drug-likeness (QED) is 0.476. The highest BCUT2D eigenvalue weighted by Crippen LogP contribution is 2.25. The van der Waals surface area contributed by atoms with Crippen LogP contribution in [-0.2, 0) is 0 Å². The van der Waals surface area contributed by atoms with Crippen molar-refractivity contribution < 1.29 is 9.13 Å². The van der Waals surface area contributed by atoms with E-state index >= 15 is 0 Å². The van der Waals surface area contributed by atoms with Crippen LogP contribution in [0.1, 0.15) is 5.82 Å². The number of nitrogens with zero attached hydrogens (tertiary/aromatic N) is 3. The lowest BCUT2D eigenvalue weighted by Gasteiger charge is -2.09. The summed E-state index contributed by atoms with van der Waals surface area (Å²) in [6.45, 7) is 2.35. The Morgan fingerprint density at radius 2 is 1.88 bits per heavy atom. The Labute approximate surface area is 148 Å². The molecule has 0 N–H and O–H groups in total. The summed E-state index contributed by atoms with van der Waals surface area (Å²) in [5.74, 6) is 1.82. The second-order valence-electron chi connectivity index (χ2n) is 4.97. The van der Waals surface area contributed by atoms with E-state index in [1.807, 2.05) is 29.7 Å². The predicted octanol–water partition coefficient (Wildman–Crippen LogP) is 4.54. The lowest BCUT2D eigenvalue weighted by atomic mass is 10.3. The van der Waals surface area contributed by atoms with Crippen LogP contribution in [0.3, 0.4) is 0 Å². The summed E-state index contributed by atoms with van der Waals surface area (Å²) >= 11 is 7.57. The molecule has 2 aromatic carbocycles. The smallest absolute Gasteiger partial charge is 0.195 e. The Kier molecular flexibility index (Phi) is 5.37. The zero-order valence-electron chi connectivity index (χ0n) is 12.9. The van der Waals surface area contributed by atoms with Crippen LogP contribution in [0.15, 0.2) is 53.7 Å². The lowest BCUT2D eigenvalue weighted by molar-refractivity contribution is 0.344. The van der Waals surface area contributed by atoms with Gasteiger partial charge in [0, 0.05) is 11.4 Å². The maximum atomic E-state index is 13.1. The van der Waals surface area contributed by atoms with E-state index in [-0.39, 0.29) is 5.82 Å². The number of aryl methyl sites for hydroxylation is 1. The van der Waals surface area contributed by atoms with Gasteiger partial charge in [-0.05, 0) is 43.3 Å². The predicted molar refractivity (Wildman–Crippen MR) is 93.7 cm³/mol. The number of benzene rings is 2. The summed E-state index contributed by atoms with van der Waals surface area (Å²) in [7, 11) is 0. The number of hydrogen-bond acceptors (Lipinski definition) is 4. The summed E-state index contributed by atoms with van der Waals surface area (Å²) in [6.07, 6.45) is 0. The molecule has 0 aliphatic heterocycles. The summed E-state index contributed by atoms with van der Waals surface area (Å²) in [5, 5.41) is 9.61. The van der Waals surface area contributed by atoms with E-state index in [0.717, 1.165) is 16.7 Å². The van der Waals surface area contributed by atoms with Crippen molar-refractivity contribution in [2.45, 2.75) is 12.1 Å². The largest absolute Gasteiger partial charge is 0.491 e. The van der Waals surface area contributed by atoms with Crippen molar-refractivity contribution in [3.05, 3.63) is 65.2 Å². The fourth-order valence-electron chi connectivity index (χ4n) is 2.17. The third kappa shape index (κ3) is 3.88. The Hall–Kier alpha value is -2.05. The van der Waals surface area contributed by atoms with Crippen LogP contribution in [-0.4, -0.2) is 27.1 Å². The van der Waals surface area contributed by atoms with Gasteiger partial charge in [-0.3, -0.25) is 4.57 Å². The van der Waals surface area contributed by atoms with Crippen LogP contribution < -0.4 is 4.74 Å². The van der Waals surface area contributed by atoms with Gasteiger partial charge < -0.3 is 4.74 Å². The monoisotopic (exact) mass is 363 g/mol. The topological polar surface area (TPSA) is 39.9 Å². The fraction of sp³-hybridized carbons (Fsp3) is 0.176. The molecule has 124 valence electrons. The number of ether oxygens (including phenoxy) is 1. The van der Waals surface area contributed by atoms with Gasteiger partial charge in [0.25, 0.3) is 0 Å². The maximum absolute atomic E-state index is 13.1. The number of thioether (sulfide) groups is 1. The van der Waals surface area contributed by atoms with Crippen LogP contribution in [0.5, 0.6) is 5.75 Å². The molecule has 0 fully saturated rings. The Morgan fingerprint density at radius 1 is 1.12 bits per heavy atom. The SMILES string of the molecule is Cc1nnc(SCCOc2ccccc2Cl)n1-c1ccc(F)cc1. The molecular weight excluding hydrogens is 349 g/mol. The van der Waals surface area contributed by atoms with E-state index in [1.54, 1.807) is 18.2 Å². The number of rotatable bonds is 6. The van der Waals surface area contributed by atoms with Crippen molar-refractivity contribution in [1.82, 2.24) is 14.8 Å². The third-order valence-electron chi connectivity index (χ3n) is 3.29. The highest BCUT2D eigenvalue weighted by molar-refractivity contribution is 7.99. The van der Waals surface area contributed by atoms with Crippen LogP contribution in [0.2, 0.25) is 5.02 Å². The number of aromatic nitrogens is 3. The Balaban J connectivity index is 1.64. The van der Waals surface area contributed by atoms with Gasteiger partial charge in [-0.1, -0.05) is 35.5 Å². The average Bonchev–Trinajstić information content (AvgIpc) is 2.95. The molecule has 0 bridgehead atoms. The molecule has 3 rings (SSSR count). The number of hydrogen-bond donors (Lipinski definition) is 0. The minimum Gasteiger partial charge on any atom is -0.491 e. The molecule has 0 unspecified atom stereocenters. The first kappa shape index (κ1) is 16.8. The molecule has 0 aliphatic rings. The molecule has 4 nitrogen and oxygen atoms in total. The summed E-state index contributed by atoms with van der Waals surface area (Å²) in [4.78, 5) is 0. The molecule has 0 radical (unpaired) electrons. The number of para-hydroxylation sites is 1. The fourth-order valence-corrected chi connectivity index (χ4v) is 3.17. The molecule has 0 aliphatic carbocycles. The molecule has 1 aromatic heterocycles. The highest BCUT2D eigenvalue weighted by Gasteiger charge is 2.11. The van der Waals surface area contributed by atoms with E-state index in [2.05, 4.69) is 10.2 Å². The van der Waals surface area contributed by atoms with Gasteiger partial charge >= 0.3 is 0 Å². The first-order valence-electron chi connectivity index (χ1n) is 7.33. The standard InChI is InChI=1S/C17H15ClFN3OS/c1-12-20-21-17(22(12)14-8-6-13(19)7-9-14)24-11-10-23-16-5-3-2-4-15(16)18/h2-9H,10-11H2,1H3. The Bertz CT molecular complexity index is 823. The summed E-state index contributed by atoms with van der Waals surface area (Å²) < 4.78 is 20.7. The zero-order chi connectivity index (χ0) is 16.9. The first-order valence-corrected chi connectivity index (χ1v) is 8.69. The van der Waals surface area contributed by atoms with Crippen LogP contribution in [0.4, 0.5) is 4.39 Å². The number of halogens is 2. The first-order chi connectivity index (χ1) is 11.6. The van der Waals surface area contributed by atoms with Crippen LogP contribution >= 0.6 is 23.4 Å². The van der Waals surface area contributed by atoms with Gasteiger partial charge in [0.1, 0.15) is 17.4 Å². The third-order valence-corrected chi connectivity index (χ3v) is 4.49. The van der Waals surface area contributed by atoms with Gasteiger partial charge in [0.05, 0.1) is 11.6 Å². The van der Waals surface area contributed by atoms with Gasteiger partial charge in [-0.15, -0.1) is 10.2 Å². The van der Waals surface area contributed by atoms with E-state index in [9.17, 15) is 4.39 Å². The summed E-state index contributed by atoms with van der Waals surface area (Å²) in [5.41, 5.74) is 0.827. The Morgan fingerprint density at radius 3 is 2.62 bits per heavy atom. The van der Waals surface area contributed by atoms with Gasteiger partial charge in [0.2, 0.25) is 0 Å². The van der Waals surface area contributed by atoms with E-state index in [1.165, 1.54) is 23.9 Å². The normalized spacial score (nSPS) is 10.8. The molecule has 1 heterocycles. The molecular formula is C17H15ClFN3OS. The molecule has 24 heavy (non-hydrogen) atoms. The van der Waals surface area contributed by atoms with Gasteiger partial charge in [0.15, 0.2) is 5.16 Å². The molecule has 7 heteroatoms. The van der Waals surface area contributed by atoms with Crippen molar-refractivity contribution in [3.8, 4) is 11.4 Å². The van der Waals surface area contributed by atoms with Crippen molar-refractivity contribution in [1.29, 1.82) is 0 Å². The van der Waals surface area contributed by atoms with Gasteiger partial charge in [-0.25, -0.2) is 4.39 Å². The molecule has 0 saturated carbocycles. The minimum atomic E-state index is -0.271. The zero-order valence-corrected chi connectivity index (χ0v) is 14.5. The second kappa shape index (κ2) is 7.68. The molecule has 0 amide bonds. The lowest BCUT2D eigenvalue weighted by Crippen LogP contribution is -2.03. The summed E-state index contributed by atoms with van der Waals surface area (Å²) in [6, 6.07) is 13.6. The van der Waals surface area contributed by atoms with Crippen LogP contribution in [0, 0.1) is 12.7 Å². The van der Waals surface area contributed by atoms with Crippen molar-refractivity contribution in [2.75, 3.05) is 12.4 Å². The average molecular weight is 364 g/mol. The van der Waals surface area contributed by atoms with Crippen molar-refractivity contribution in [3.63, 3.8) is 0 Å². The maximum Gasteiger partial charge on any atom is 0.195 e. The van der Waals surface area contributed by atoms with E-state index in [4.69, 9.17) is 16.3 Å².